The van der Waals surface area contributed by atoms with Gasteiger partial charge in [0.1, 0.15) is 6.29 Å². The Hall–Kier alpha value is -0.370. The smallest absolute Gasteiger partial charge is 0.127 e. The molecule has 2 aliphatic carbocycles. The molecule has 1 saturated heterocycles. The van der Waals surface area contributed by atoms with Gasteiger partial charge in [-0.15, -0.1) is 0 Å². The largest absolute Gasteiger partial charge is 0.303 e. The topological polar surface area (TPSA) is 20.3 Å². The Morgan fingerprint density at radius 3 is 2.65 bits per heavy atom. The standard InChI is InChI=1S/C18H31NO/c1-15-5-4-9-18(11-15,14-20)13-19-10-8-16-6-2-3-7-17(16)12-19/h14-17H,2-13H2,1H3. The minimum Gasteiger partial charge on any atom is -0.303 e. The average Bonchev–Trinajstić information content (AvgIpc) is 2.47. The predicted octanol–water partition coefficient (Wildman–Crippen LogP) is 3.89. The van der Waals surface area contributed by atoms with Crippen LogP contribution in [0.2, 0.25) is 0 Å². The van der Waals surface area contributed by atoms with Crippen molar-refractivity contribution in [3.63, 3.8) is 0 Å². The zero-order chi connectivity index (χ0) is 14.0. The maximum Gasteiger partial charge on any atom is 0.127 e. The molecule has 0 aromatic carbocycles. The molecule has 3 fully saturated rings. The van der Waals surface area contributed by atoms with E-state index < -0.39 is 0 Å². The number of piperidine rings is 1. The van der Waals surface area contributed by atoms with E-state index in [0.717, 1.165) is 37.1 Å². The molecular weight excluding hydrogens is 246 g/mol. The molecule has 4 atom stereocenters. The van der Waals surface area contributed by atoms with Crippen molar-refractivity contribution in [1.82, 2.24) is 4.90 Å². The third-order valence-corrected chi connectivity index (χ3v) is 6.29. The number of nitrogens with zero attached hydrogens (tertiary/aromatic N) is 1. The monoisotopic (exact) mass is 277 g/mol. The van der Waals surface area contributed by atoms with Gasteiger partial charge >= 0.3 is 0 Å². The highest BCUT2D eigenvalue weighted by molar-refractivity contribution is 5.60. The van der Waals surface area contributed by atoms with E-state index >= 15 is 0 Å². The number of fused-ring (bicyclic) bond motifs is 1. The molecule has 1 heterocycles. The van der Waals surface area contributed by atoms with Gasteiger partial charge in [-0.2, -0.15) is 0 Å². The summed E-state index contributed by atoms with van der Waals surface area (Å²) in [6.45, 7) is 5.88. The van der Waals surface area contributed by atoms with Gasteiger partial charge in [0.15, 0.2) is 0 Å². The molecule has 3 rings (SSSR count). The summed E-state index contributed by atoms with van der Waals surface area (Å²) in [4.78, 5) is 14.4. The Balaban J connectivity index is 1.60. The van der Waals surface area contributed by atoms with E-state index in [1.54, 1.807) is 0 Å². The molecule has 0 radical (unpaired) electrons. The van der Waals surface area contributed by atoms with Crippen LogP contribution in [0.5, 0.6) is 0 Å². The van der Waals surface area contributed by atoms with Crippen molar-refractivity contribution in [2.75, 3.05) is 19.6 Å². The van der Waals surface area contributed by atoms with Crippen LogP contribution in [0.25, 0.3) is 0 Å². The summed E-state index contributed by atoms with van der Waals surface area (Å²) in [5, 5.41) is 0. The number of rotatable bonds is 3. The normalized spacial score (nSPS) is 43.0. The van der Waals surface area contributed by atoms with Crippen molar-refractivity contribution in [2.45, 2.75) is 64.7 Å². The van der Waals surface area contributed by atoms with Crippen LogP contribution >= 0.6 is 0 Å². The molecule has 0 aromatic heterocycles. The molecule has 20 heavy (non-hydrogen) atoms. The summed E-state index contributed by atoms with van der Waals surface area (Å²) in [7, 11) is 0. The van der Waals surface area contributed by atoms with Crippen LogP contribution in [0.4, 0.5) is 0 Å². The molecule has 0 amide bonds. The van der Waals surface area contributed by atoms with Crippen LogP contribution < -0.4 is 0 Å². The van der Waals surface area contributed by atoms with E-state index in [-0.39, 0.29) is 5.41 Å². The lowest BCUT2D eigenvalue weighted by molar-refractivity contribution is -0.120. The maximum atomic E-state index is 11.8. The molecule has 0 aromatic rings. The Bertz CT molecular complexity index is 342. The van der Waals surface area contributed by atoms with E-state index in [9.17, 15) is 4.79 Å². The Morgan fingerprint density at radius 2 is 1.90 bits per heavy atom. The van der Waals surface area contributed by atoms with Gasteiger partial charge < -0.3 is 9.69 Å². The molecule has 4 unspecified atom stereocenters. The molecule has 0 bridgehead atoms. The Morgan fingerprint density at radius 1 is 1.10 bits per heavy atom. The van der Waals surface area contributed by atoms with Gasteiger partial charge in [0.25, 0.3) is 0 Å². The fourth-order valence-corrected chi connectivity index (χ4v) is 5.25. The second-order valence-corrected chi connectivity index (χ2v) is 8.01. The second-order valence-electron chi connectivity index (χ2n) is 8.01. The van der Waals surface area contributed by atoms with E-state index in [1.807, 2.05) is 0 Å². The van der Waals surface area contributed by atoms with Crippen molar-refractivity contribution in [3.05, 3.63) is 0 Å². The molecule has 0 spiro atoms. The van der Waals surface area contributed by atoms with Crippen LogP contribution in [-0.2, 0) is 4.79 Å². The minimum absolute atomic E-state index is 0.0147. The number of hydrogen-bond acceptors (Lipinski definition) is 2. The van der Waals surface area contributed by atoms with Crippen molar-refractivity contribution in [1.29, 1.82) is 0 Å². The van der Waals surface area contributed by atoms with Crippen molar-refractivity contribution in [3.8, 4) is 0 Å². The highest BCUT2D eigenvalue weighted by atomic mass is 16.1. The SMILES string of the molecule is CC1CCCC(C=O)(CN2CCC3CCCCC3C2)C1. The molecule has 2 saturated carbocycles. The fourth-order valence-electron chi connectivity index (χ4n) is 5.25. The van der Waals surface area contributed by atoms with Crippen LogP contribution in [0.15, 0.2) is 0 Å². The molecule has 2 nitrogen and oxygen atoms in total. The first-order valence-corrected chi connectivity index (χ1v) is 8.89. The minimum atomic E-state index is -0.0147. The van der Waals surface area contributed by atoms with Crippen LogP contribution in [0, 0.1) is 23.2 Å². The van der Waals surface area contributed by atoms with Crippen molar-refractivity contribution in [2.24, 2.45) is 23.2 Å². The van der Waals surface area contributed by atoms with Crippen LogP contribution in [0.3, 0.4) is 0 Å². The summed E-state index contributed by atoms with van der Waals surface area (Å²) in [5.41, 5.74) is -0.0147. The van der Waals surface area contributed by atoms with E-state index in [4.69, 9.17) is 0 Å². The lowest BCUT2D eigenvalue weighted by Gasteiger charge is -2.45. The number of aldehydes is 1. The highest BCUT2D eigenvalue weighted by Gasteiger charge is 2.39. The lowest BCUT2D eigenvalue weighted by atomic mass is 9.69. The molecule has 114 valence electrons. The second kappa shape index (κ2) is 6.17. The van der Waals surface area contributed by atoms with Crippen LogP contribution in [-0.4, -0.2) is 30.8 Å². The average molecular weight is 277 g/mol. The first-order valence-electron chi connectivity index (χ1n) is 8.89. The molecule has 0 N–H and O–H groups in total. The number of likely N-dealkylation sites (tertiary alicyclic amines) is 1. The predicted molar refractivity (Wildman–Crippen MR) is 82.6 cm³/mol. The first-order chi connectivity index (χ1) is 9.71. The quantitative estimate of drug-likeness (QED) is 0.729. The summed E-state index contributed by atoms with van der Waals surface area (Å²) in [6, 6.07) is 0. The molecular formula is C18H31NO. The number of carbonyl (C=O) groups excluding carboxylic acids is 1. The van der Waals surface area contributed by atoms with E-state index in [0.29, 0.717) is 0 Å². The Labute approximate surface area is 124 Å². The van der Waals surface area contributed by atoms with Gasteiger partial charge in [0, 0.05) is 18.5 Å². The Kier molecular flexibility index (Phi) is 4.49. The van der Waals surface area contributed by atoms with Gasteiger partial charge in [-0.1, -0.05) is 39.0 Å². The third kappa shape index (κ3) is 3.10. The van der Waals surface area contributed by atoms with E-state index in [2.05, 4.69) is 11.8 Å². The van der Waals surface area contributed by atoms with E-state index in [1.165, 1.54) is 64.3 Å². The molecule has 2 heteroatoms. The molecule has 3 aliphatic rings. The van der Waals surface area contributed by atoms with Gasteiger partial charge in [-0.3, -0.25) is 0 Å². The fraction of sp³-hybridized carbons (Fsp3) is 0.944. The summed E-state index contributed by atoms with van der Waals surface area (Å²) in [6.07, 6.45) is 13.3. The maximum absolute atomic E-state index is 11.8. The first kappa shape index (κ1) is 14.6. The number of hydrogen-bond donors (Lipinski definition) is 0. The van der Waals surface area contributed by atoms with Gasteiger partial charge in [0.2, 0.25) is 0 Å². The van der Waals surface area contributed by atoms with Crippen molar-refractivity contribution < 1.29 is 4.79 Å². The third-order valence-electron chi connectivity index (χ3n) is 6.29. The lowest BCUT2D eigenvalue weighted by Crippen LogP contribution is -2.48. The zero-order valence-corrected chi connectivity index (χ0v) is 13.2. The summed E-state index contributed by atoms with van der Waals surface area (Å²) in [5.74, 6) is 2.67. The van der Waals surface area contributed by atoms with Gasteiger partial charge in [-0.25, -0.2) is 0 Å². The van der Waals surface area contributed by atoms with Crippen molar-refractivity contribution >= 4 is 6.29 Å². The van der Waals surface area contributed by atoms with Gasteiger partial charge in [-0.05, 0) is 50.0 Å². The summed E-state index contributed by atoms with van der Waals surface area (Å²) < 4.78 is 0. The summed E-state index contributed by atoms with van der Waals surface area (Å²) >= 11 is 0. The van der Waals surface area contributed by atoms with Crippen LogP contribution in [0.1, 0.15) is 64.7 Å². The molecule has 1 aliphatic heterocycles. The highest BCUT2D eigenvalue weighted by Crippen LogP contribution is 2.41. The number of carbonyl (C=O) groups is 1. The zero-order valence-electron chi connectivity index (χ0n) is 13.2. The van der Waals surface area contributed by atoms with Gasteiger partial charge in [0.05, 0.1) is 0 Å².